The molecule has 0 saturated heterocycles. The van der Waals surface area contributed by atoms with Crippen LogP contribution in [0.1, 0.15) is 44.9 Å². The summed E-state index contributed by atoms with van der Waals surface area (Å²) in [6.45, 7) is 6.19. The van der Waals surface area contributed by atoms with Gasteiger partial charge in [0, 0.05) is 13.5 Å². The first-order chi connectivity index (χ1) is 7.52. The molecule has 1 rings (SSSR count). The van der Waals surface area contributed by atoms with Gasteiger partial charge in [-0.05, 0) is 19.3 Å². The third-order valence-corrected chi connectivity index (χ3v) is 2.40. The first kappa shape index (κ1) is 13.1. The summed E-state index contributed by atoms with van der Waals surface area (Å²) in [6.07, 6.45) is 1.59. The van der Waals surface area contributed by atoms with Gasteiger partial charge in [0.25, 0.3) is 0 Å². The maximum atomic E-state index is 5.95. The van der Waals surface area contributed by atoms with E-state index in [9.17, 15) is 0 Å². The number of rotatable bonds is 6. The quantitative estimate of drug-likeness (QED) is 0.800. The van der Waals surface area contributed by atoms with Gasteiger partial charge in [-0.3, -0.25) is 0 Å². The zero-order valence-corrected chi connectivity index (χ0v) is 10.4. The molecule has 92 valence electrons. The van der Waals surface area contributed by atoms with E-state index in [2.05, 4.69) is 24.0 Å². The molecule has 0 bridgehead atoms. The molecule has 1 aromatic rings. The van der Waals surface area contributed by atoms with Gasteiger partial charge in [0.05, 0.1) is 12.1 Å². The maximum Gasteiger partial charge on any atom is 0.243 e. The highest BCUT2D eigenvalue weighted by molar-refractivity contribution is 4.93. The summed E-state index contributed by atoms with van der Waals surface area (Å²) in [5.41, 5.74) is 5.95. The summed E-state index contributed by atoms with van der Waals surface area (Å²) in [5.74, 6) is 1.69. The van der Waals surface area contributed by atoms with E-state index in [-0.39, 0.29) is 12.1 Å². The highest BCUT2D eigenvalue weighted by Gasteiger charge is 2.16. The first-order valence-corrected chi connectivity index (χ1v) is 5.63. The van der Waals surface area contributed by atoms with Crippen molar-refractivity contribution in [3.05, 3.63) is 11.7 Å². The summed E-state index contributed by atoms with van der Waals surface area (Å²) in [5, 5.41) is 3.89. The molecule has 1 heterocycles. The van der Waals surface area contributed by atoms with Crippen LogP contribution < -0.4 is 5.73 Å². The molecule has 0 fully saturated rings. The highest BCUT2D eigenvalue weighted by Crippen LogP contribution is 2.17. The van der Waals surface area contributed by atoms with Gasteiger partial charge < -0.3 is 15.0 Å². The average Bonchev–Trinajstić information content (AvgIpc) is 2.65. The minimum absolute atomic E-state index is 0.0896. The Morgan fingerprint density at radius 3 is 2.62 bits per heavy atom. The van der Waals surface area contributed by atoms with Gasteiger partial charge in [-0.1, -0.05) is 19.0 Å². The monoisotopic (exact) mass is 227 g/mol. The van der Waals surface area contributed by atoms with Gasteiger partial charge in [0.2, 0.25) is 5.89 Å². The lowest BCUT2D eigenvalue weighted by Crippen LogP contribution is -2.14. The van der Waals surface area contributed by atoms with Gasteiger partial charge in [0.15, 0.2) is 5.82 Å². The molecule has 0 saturated carbocycles. The van der Waals surface area contributed by atoms with E-state index in [0.717, 1.165) is 6.42 Å². The van der Waals surface area contributed by atoms with Crippen LogP contribution in [0.3, 0.4) is 0 Å². The lowest BCUT2D eigenvalue weighted by molar-refractivity contribution is 0.116. The van der Waals surface area contributed by atoms with Crippen molar-refractivity contribution < 1.29 is 9.26 Å². The number of nitrogens with two attached hydrogens (primary N) is 1. The Bertz CT molecular complexity index is 312. The standard InChI is InChI=1S/C11H21N3O2/c1-7(2)5-9(12)11-13-10(14-16-11)6-8(3)15-4/h7-9H,5-6,12H2,1-4H3. The second kappa shape index (κ2) is 5.96. The van der Waals surface area contributed by atoms with Gasteiger partial charge in [-0.2, -0.15) is 4.98 Å². The Hall–Kier alpha value is -0.940. The summed E-state index contributed by atoms with van der Waals surface area (Å²) in [4.78, 5) is 4.27. The van der Waals surface area contributed by atoms with Crippen LogP contribution in [0.4, 0.5) is 0 Å². The molecule has 2 N–H and O–H groups in total. The summed E-state index contributed by atoms with van der Waals surface area (Å²) < 4.78 is 10.3. The highest BCUT2D eigenvalue weighted by atomic mass is 16.5. The molecule has 0 aliphatic carbocycles. The number of hydrogen-bond acceptors (Lipinski definition) is 5. The van der Waals surface area contributed by atoms with Gasteiger partial charge in [0.1, 0.15) is 0 Å². The maximum absolute atomic E-state index is 5.95. The number of ether oxygens (including phenoxy) is 1. The van der Waals surface area contributed by atoms with Crippen LogP contribution in [0.25, 0.3) is 0 Å². The summed E-state index contributed by atoms with van der Waals surface area (Å²) in [7, 11) is 1.66. The van der Waals surface area contributed by atoms with Crippen molar-refractivity contribution in [1.29, 1.82) is 0 Å². The fraction of sp³-hybridized carbons (Fsp3) is 0.818. The Labute approximate surface area is 96.4 Å². The molecular weight excluding hydrogens is 206 g/mol. The number of methoxy groups -OCH3 is 1. The molecule has 5 nitrogen and oxygen atoms in total. The Morgan fingerprint density at radius 2 is 2.06 bits per heavy atom. The third kappa shape index (κ3) is 3.90. The van der Waals surface area contributed by atoms with E-state index >= 15 is 0 Å². The Balaban J connectivity index is 2.56. The molecular formula is C11H21N3O2. The second-order valence-corrected chi connectivity index (χ2v) is 4.54. The molecule has 0 aliphatic rings. The fourth-order valence-electron chi connectivity index (χ4n) is 1.45. The van der Waals surface area contributed by atoms with Crippen LogP contribution in [-0.4, -0.2) is 23.4 Å². The molecule has 16 heavy (non-hydrogen) atoms. The van der Waals surface area contributed by atoms with Crippen molar-refractivity contribution in [2.45, 2.75) is 45.8 Å². The lowest BCUT2D eigenvalue weighted by atomic mass is 10.0. The fourth-order valence-corrected chi connectivity index (χ4v) is 1.45. The van der Waals surface area contributed by atoms with Crippen molar-refractivity contribution in [1.82, 2.24) is 10.1 Å². The Morgan fingerprint density at radius 1 is 1.38 bits per heavy atom. The molecule has 0 spiro atoms. The van der Waals surface area contributed by atoms with E-state index < -0.39 is 0 Å². The average molecular weight is 227 g/mol. The smallest absolute Gasteiger partial charge is 0.243 e. The zero-order chi connectivity index (χ0) is 12.1. The first-order valence-electron chi connectivity index (χ1n) is 5.63. The van der Waals surface area contributed by atoms with Crippen molar-refractivity contribution in [3.63, 3.8) is 0 Å². The molecule has 2 atom stereocenters. The Kier molecular flexibility index (Phi) is 4.89. The topological polar surface area (TPSA) is 74.2 Å². The van der Waals surface area contributed by atoms with Crippen LogP contribution in [-0.2, 0) is 11.2 Å². The van der Waals surface area contributed by atoms with Gasteiger partial charge >= 0.3 is 0 Å². The zero-order valence-electron chi connectivity index (χ0n) is 10.4. The molecule has 0 amide bonds. The second-order valence-electron chi connectivity index (χ2n) is 4.54. The molecule has 0 aliphatic heterocycles. The van der Waals surface area contributed by atoms with E-state index in [0.29, 0.717) is 24.1 Å². The van der Waals surface area contributed by atoms with Crippen molar-refractivity contribution >= 4 is 0 Å². The number of hydrogen-bond donors (Lipinski definition) is 1. The van der Waals surface area contributed by atoms with Crippen LogP contribution in [0, 0.1) is 5.92 Å². The molecule has 0 radical (unpaired) electrons. The van der Waals surface area contributed by atoms with E-state index in [1.807, 2.05) is 6.92 Å². The molecule has 0 aromatic carbocycles. The van der Waals surface area contributed by atoms with E-state index in [1.165, 1.54) is 0 Å². The normalized spacial score (nSPS) is 15.4. The minimum atomic E-state index is -0.167. The summed E-state index contributed by atoms with van der Waals surface area (Å²) >= 11 is 0. The minimum Gasteiger partial charge on any atom is -0.381 e. The van der Waals surface area contributed by atoms with Crippen LogP contribution >= 0.6 is 0 Å². The van der Waals surface area contributed by atoms with Crippen molar-refractivity contribution in [2.24, 2.45) is 11.7 Å². The van der Waals surface area contributed by atoms with E-state index in [4.69, 9.17) is 15.0 Å². The lowest BCUT2D eigenvalue weighted by Gasteiger charge is -2.08. The summed E-state index contributed by atoms with van der Waals surface area (Å²) in [6, 6.07) is -0.167. The van der Waals surface area contributed by atoms with Gasteiger partial charge in [-0.15, -0.1) is 0 Å². The molecule has 5 heteroatoms. The van der Waals surface area contributed by atoms with Crippen LogP contribution in [0.5, 0.6) is 0 Å². The third-order valence-electron chi connectivity index (χ3n) is 2.40. The number of nitrogens with zero attached hydrogens (tertiary/aromatic N) is 2. The van der Waals surface area contributed by atoms with E-state index in [1.54, 1.807) is 7.11 Å². The number of aromatic nitrogens is 2. The van der Waals surface area contributed by atoms with Gasteiger partial charge in [-0.25, -0.2) is 0 Å². The molecule has 1 aromatic heterocycles. The van der Waals surface area contributed by atoms with Crippen LogP contribution in [0.15, 0.2) is 4.52 Å². The van der Waals surface area contributed by atoms with Crippen molar-refractivity contribution in [2.75, 3.05) is 7.11 Å². The van der Waals surface area contributed by atoms with Crippen LogP contribution in [0.2, 0.25) is 0 Å². The largest absolute Gasteiger partial charge is 0.381 e. The predicted octanol–water partition coefficient (Wildman–Crippen LogP) is 1.69. The predicted molar refractivity (Wildman–Crippen MR) is 60.9 cm³/mol. The molecule has 2 unspecified atom stereocenters. The van der Waals surface area contributed by atoms with Crippen molar-refractivity contribution in [3.8, 4) is 0 Å². The SMILES string of the molecule is COC(C)Cc1noc(C(N)CC(C)C)n1.